The summed E-state index contributed by atoms with van der Waals surface area (Å²) in [5, 5.41) is 11.6. The fraction of sp³-hybridized carbons (Fsp3) is 0.333. The van der Waals surface area contributed by atoms with Gasteiger partial charge in [0.2, 0.25) is 5.91 Å². The predicted octanol–water partition coefficient (Wildman–Crippen LogP) is 0.957. The highest BCUT2D eigenvalue weighted by atomic mass is 19.1. The van der Waals surface area contributed by atoms with E-state index in [1.54, 1.807) is 12.1 Å². The van der Waals surface area contributed by atoms with Crippen molar-refractivity contribution in [3.05, 3.63) is 35.6 Å². The standard InChI is InChI=1S/C12H12FNO3/c13-8-3-1-2-7(4-8)5-10-9(12(16)17)6-11(15)14-10/h1-4,9-10H,5-6H2,(H,14,15)(H,16,17). The summed E-state index contributed by atoms with van der Waals surface area (Å²) in [7, 11) is 0. The molecule has 1 aromatic rings. The Morgan fingerprint density at radius 3 is 2.94 bits per heavy atom. The Labute approximate surface area is 97.4 Å². The van der Waals surface area contributed by atoms with E-state index in [1.807, 2.05) is 0 Å². The Hall–Kier alpha value is -1.91. The van der Waals surface area contributed by atoms with Gasteiger partial charge in [0.25, 0.3) is 0 Å². The molecule has 2 N–H and O–H groups in total. The van der Waals surface area contributed by atoms with Crippen LogP contribution in [0.5, 0.6) is 0 Å². The van der Waals surface area contributed by atoms with E-state index in [9.17, 15) is 14.0 Å². The van der Waals surface area contributed by atoms with E-state index in [4.69, 9.17) is 5.11 Å². The summed E-state index contributed by atoms with van der Waals surface area (Å²) in [5.74, 6) is -2.35. The maximum Gasteiger partial charge on any atom is 0.309 e. The molecule has 0 spiro atoms. The highest BCUT2D eigenvalue weighted by Gasteiger charge is 2.37. The first-order valence-corrected chi connectivity index (χ1v) is 5.33. The van der Waals surface area contributed by atoms with E-state index in [0.717, 1.165) is 0 Å². The lowest BCUT2D eigenvalue weighted by Crippen LogP contribution is -2.34. The zero-order valence-corrected chi connectivity index (χ0v) is 9.02. The highest BCUT2D eigenvalue weighted by Crippen LogP contribution is 2.20. The largest absolute Gasteiger partial charge is 0.481 e. The molecule has 1 amide bonds. The first-order chi connectivity index (χ1) is 8.06. The van der Waals surface area contributed by atoms with Crippen LogP contribution in [0.15, 0.2) is 24.3 Å². The molecule has 2 unspecified atom stereocenters. The summed E-state index contributed by atoms with van der Waals surface area (Å²) in [4.78, 5) is 22.1. The Bertz CT molecular complexity index is 461. The SMILES string of the molecule is O=C1CC(C(=O)O)C(Cc2cccc(F)c2)N1. The lowest BCUT2D eigenvalue weighted by atomic mass is 9.95. The molecule has 0 radical (unpaired) electrons. The lowest BCUT2D eigenvalue weighted by Gasteiger charge is -2.15. The third-order valence-electron chi connectivity index (χ3n) is 2.90. The molecule has 2 rings (SSSR count). The molecule has 90 valence electrons. The van der Waals surface area contributed by atoms with E-state index in [-0.39, 0.29) is 18.1 Å². The van der Waals surface area contributed by atoms with Crippen LogP contribution < -0.4 is 5.32 Å². The number of nitrogens with one attached hydrogen (secondary N) is 1. The molecule has 17 heavy (non-hydrogen) atoms. The molecule has 1 fully saturated rings. The van der Waals surface area contributed by atoms with Gasteiger partial charge in [-0.25, -0.2) is 4.39 Å². The second-order valence-electron chi connectivity index (χ2n) is 4.16. The molecule has 5 heteroatoms. The summed E-state index contributed by atoms with van der Waals surface area (Å²) in [6.45, 7) is 0. The van der Waals surface area contributed by atoms with Crippen LogP contribution in [0.2, 0.25) is 0 Å². The second kappa shape index (κ2) is 4.53. The maximum atomic E-state index is 13.0. The molecule has 0 saturated carbocycles. The van der Waals surface area contributed by atoms with Crippen LogP contribution in [-0.2, 0) is 16.0 Å². The number of amides is 1. The molecule has 1 heterocycles. The van der Waals surface area contributed by atoms with Crippen molar-refractivity contribution in [2.75, 3.05) is 0 Å². The van der Waals surface area contributed by atoms with Gasteiger partial charge in [0.05, 0.1) is 5.92 Å². The Morgan fingerprint density at radius 2 is 2.29 bits per heavy atom. The van der Waals surface area contributed by atoms with E-state index in [0.29, 0.717) is 12.0 Å². The van der Waals surface area contributed by atoms with Gasteiger partial charge in [0.1, 0.15) is 5.82 Å². The Morgan fingerprint density at radius 1 is 1.53 bits per heavy atom. The number of halogens is 1. The first kappa shape index (κ1) is 11.6. The Balaban J connectivity index is 2.12. The molecule has 2 atom stereocenters. The number of hydrogen-bond donors (Lipinski definition) is 2. The number of carboxylic acids is 1. The van der Waals surface area contributed by atoms with Gasteiger partial charge in [-0.15, -0.1) is 0 Å². The van der Waals surface area contributed by atoms with E-state index < -0.39 is 17.9 Å². The number of carbonyl (C=O) groups excluding carboxylic acids is 1. The topological polar surface area (TPSA) is 66.4 Å². The van der Waals surface area contributed by atoms with Crippen molar-refractivity contribution in [2.24, 2.45) is 5.92 Å². The molecule has 1 aromatic carbocycles. The van der Waals surface area contributed by atoms with Crippen LogP contribution in [-0.4, -0.2) is 23.0 Å². The van der Waals surface area contributed by atoms with E-state index >= 15 is 0 Å². The van der Waals surface area contributed by atoms with Crippen molar-refractivity contribution >= 4 is 11.9 Å². The molecule has 1 aliphatic rings. The van der Waals surface area contributed by atoms with Crippen molar-refractivity contribution in [1.82, 2.24) is 5.32 Å². The number of rotatable bonds is 3. The fourth-order valence-corrected chi connectivity index (χ4v) is 2.08. The summed E-state index contributed by atoms with van der Waals surface area (Å²) < 4.78 is 13.0. The summed E-state index contributed by atoms with van der Waals surface area (Å²) in [6, 6.07) is 5.50. The van der Waals surface area contributed by atoms with Crippen molar-refractivity contribution in [3.8, 4) is 0 Å². The van der Waals surface area contributed by atoms with Gasteiger partial charge in [-0.3, -0.25) is 9.59 Å². The van der Waals surface area contributed by atoms with E-state index in [1.165, 1.54) is 12.1 Å². The van der Waals surface area contributed by atoms with Crippen molar-refractivity contribution < 1.29 is 19.1 Å². The van der Waals surface area contributed by atoms with Crippen molar-refractivity contribution in [1.29, 1.82) is 0 Å². The lowest BCUT2D eigenvalue weighted by molar-refractivity contribution is -0.142. The van der Waals surface area contributed by atoms with Gasteiger partial charge in [-0.1, -0.05) is 12.1 Å². The molecule has 1 aliphatic heterocycles. The molecule has 0 aliphatic carbocycles. The maximum absolute atomic E-state index is 13.0. The molecule has 1 saturated heterocycles. The molecule has 0 bridgehead atoms. The number of hydrogen-bond acceptors (Lipinski definition) is 2. The fourth-order valence-electron chi connectivity index (χ4n) is 2.08. The summed E-state index contributed by atoms with van der Waals surface area (Å²) in [5.41, 5.74) is 0.684. The van der Waals surface area contributed by atoms with Crippen LogP contribution in [0.4, 0.5) is 4.39 Å². The van der Waals surface area contributed by atoms with Crippen LogP contribution in [0.3, 0.4) is 0 Å². The number of carboxylic acid groups (broad SMARTS) is 1. The number of aliphatic carboxylic acids is 1. The average Bonchev–Trinajstić information content (AvgIpc) is 2.59. The average molecular weight is 237 g/mol. The van der Waals surface area contributed by atoms with Gasteiger partial charge in [-0.05, 0) is 24.1 Å². The third-order valence-corrected chi connectivity index (χ3v) is 2.90. The molecule has 0 aromatic heterocycles. The van der Waals surface area contributed by atoms with Crippen molar-refractivity contribution in [3.63, 3.8) is 0 Å². The molecule has 4 nitrogen and oxygen atoms in total. The minimum Gasteiger partial charge on any atom is -0.481 e. The van der Waals surface area contributed by atoms with Crippen LogP contribution in [0.25, 0.3) is 0 Å². The zero-order valence-electron chi connectivity index (χ0n) is 9.02. The minimum absolute atomic E-state index is 0.00465. The van der Waals surface area contributed by atoms with Crippen molar-refractivity contribution in [2.45, 2.75) is 18.9 Å². The van der Waals surface area contributed by atoms with Gasteiger partial charge in [-0.2, -0.15) is 0 Å². The predicted molar refractivity (Wildman–Crippen MR) is 57.8 cm³/mol. The van der Waals surface area contributed by atoms with Crippen LogP contribution in [0.1, 0.15) is 12.0 Å². The van der Waals surface area contributed by atoms with Gasteiger partial charge < -0.3 is 10.4 Å². The van der Waals surface area contributed by atoms with Gasteiger partial charge in [0.15, 0.2) is 0 Å². The number of carbonyl (C=O) groups is 2. The molecular formula is C12H12FNO3. The highest BCUT2D eigenvalue weighted by molar-refractivity contribution is 5.86. The second-order valence-corrected chi connectivity index (χ2v) is 4.16. The number of benzene rings is 1. The van der Waals surface area contributed by atoms with Gasteiger partial charge in [0, 0.05) is 12.5 Å². The van der Waals surface area contributed by atoms with Gasteiger partial charge >= 0.3 is 5.97 Å². The minimum atomic E-state index is -0.996. The monoisotopic (exact) mass is 237 g/mol. The normalized spacial score (nSPS) is 23.5. The molecular weight excluding hydrogens is 225 g/mol. The summed E-state index contributed by atoms with van der Waals surface area (Å²) >= 11 is 0. The Kier molecular flexibility index (Phi) is 3.08. The first-order valence-electron chi connectivity index (χ1n) is 5.33. The van der Waals surface area contributed by atoms with E-state index in [2.05, 4.69) is 5.32 Å². The third kappa shape index (κ3) is 2.61. The smallest absolute Gasteiger partial charge is 0.309 e. The van der Waals surface area contributed by atoms with Crippen LogP contribution in [0, 0.1) is 11.7 Å². The van der Waals surface area contributed by atoms with Crippen LogP contribution >= 0.6 is 0 Å². The summed E-state index contributed by atoms with van der Waals surface area (Å²) in [6.07, 6.45) is 0.329. The zero-order chi connectivity index (χ0) is 12.4. The quantitative estimate of drug-likeness (QED) is 0.822.